The van der Waals surface area contributed by atoms with E-state index in [1.807, 2.05) is 30.3 Å². The lowest BCUT2D eigenvalue weighted by molar-refractivity contribution is 0.787. The van der Waals surface area contributed by atoms with Gasteiger partial charge >= 0.3 is 5.69 Å². The summed E-state index contributed by atoms with van der Waals surface area (Å²) in [5.74, 6) is 0. The molecule has 0 amide bonds. The quantitative estimate of drug-likeness (QED) is 0.692. The molecule has 2 aromatic heterocycles. The SMILES string of the molecule is Cn1c(=O)[nH]c2nnc(-c3ccccc3)cc2c1=O. The predicted molar refractivity (Wildman–Crippen MR) is 70.8 cm³/mol. The molecule has 3 rings (SSSR count). The second kappa shape index (κ2) is 4.16. The van der Waals surface area contributed by atoms with Gasteiger partial charge in [-0.15, -0.1) is 10.2 Å². The lowest BCUT2D eigenvalue weighted by atomic mass is 10.1. The molecule has 3 aromatic rings. The van der Waals surface area contributed by atoms with Crippen LogP contribution in [0.15, 0.2) is 46.0 Å². The van der Waals surface area contributed by atoms with Gasteiger partial charge in [0.1, 0.15) is 0 Å². The second-order valence-corrected chi connectivity index (χ2v) is 4.15. The zero-order chi connectivity index (χ0) is 13.4. The van der Waals surface area contributed by atoms with Crippen molar-refractivity contribution in [2.75, 3.05) is 0 Å². The van der Waals surface area contributed by atoms with Crippen molar-refractivity contribution in [2.24, 2.45) is 7.05 Å². The summed E-state index contributed by atoms with van der Waals surface area (Å²) in [4.78, 5) is 26.0. The van der Waals surface area contributed by atoms with Gasteiger partial charge in [-0.25, -0.2) is 4.79 Å². The first-order chi connectivity index (χ1) is 9.16. The minimum atomic E-state index is -0.501. The molecule has 0 aliphatic heterocycles. The standard InChI is InChI=1S/C13H10N4O2/c1-17-12(18)9-7-10(8-5-3-2-4-6-8)15-16-11(9)14-13(17)19/h2-7H,1H3,(H,14,16,19). The van der Waals surface area contributed by atoms with Crippen LogP contribution in [-0.4, -0.2) is 19.7 Å². The van der Waals surface area contributed by atoms with Gasteiger partial charge in [0, 0.05) is 12.6 Å². The van der Waals surface area contributed by atoms with Crippen molar-refractivity contribution in [1.29, 1.82) is 0 Å². The molecular formula is C13H10N4O2. The van der Waals surface area contributed by atoms with E-state index in [-0.39, 0.29) is 11.2 Å². The maximum absolute atomic E-state index is 12.0. The van der Waals surface area contributed by atoms with Crippen LogP contribution in [0.5, 0.6) is 0 Å². The number of benzene rings is 1. The summed E-state index contributed by atoms with van der Waals surface area (Å²) >= 11 is 0. The molecule has 0 unspecified atom stereocenters. The summed E-state index contributed by atoms with van der Waals surface area (Å²) in [6, 6.07) is 11.1. The molecule has 0 saturated heterocycles. The Hall–Kier alpha value is -2.76. The molecule has 6 nitrogen and oxygen atoms in total. The van der Waals surface area contributed by atoms with Gasteiger partial charge in [0.05, 0.1) is 11.1 Å². The number of H-pyrrole nitrogens is 1. The van der Waals surface area contributed by atoms with Crippen molar-refractivity contribution in [2.45, 2.75) is 0 Å². The molecule has 6 heteroatoms. The zero-order valence-corrected chi connectivity index (χ0v) is 10.1. The number of aromatic amines is 1. The van der Waals surface area contributed by atoms with E-state index in [1.165, 1.54) is 7.05 Å². The highest BCUT2D eigenvalue weighted by Gasteiger charge is 2.08. The summed E-state index contributed by atoms with van der Waals surface area (Å²) < 4.78 is 1.01. The normalized spacial score (nSPS) is 10.8. The smallest absolute Gasteiger partial charge is 0.290 e. The number of nitrogens with zero attached hydrogens (tertiary/aromatic N) is 3. The topological polar surface area (TPSA) is 80.6 Å². The van der Waals surface area contributed by atoms with Crippen molar-refractivity contribution < 1.29 is 0 Å². The van der Waals surface area contributed by atoms with E-state index in [9.17, 15) is 9.59 Å². The van der Waals surface area contributed by atoms with E-state index < -0.39 is 5.69 Å². The molecule has 94 valence electrons. The van der Waals surface area contributed by atoms with Crippen molar-refractivity contribution in [3.63, 3.8) is 0 Å². The van der Waals surface area contributed by atoms with E-state index in [4.69, 9.17) is 0 Å². The van der Waals surface area contributed by atoms with Crippen LogP contribution in [0.1, 0.15) is 0 Å². The first-order valence-electron chi connectivity index (χ1n) is 5.69. The van der Waals surface area contributed by atoms with Gasteiger partial charge in [-0.3, -0.25) is 14.3 Å². The average Bonchev–Trinajstić information content (AvgIpc) is 2.46. The number of rotatable bonds is 1. The van der Waals surface area contributed by atoms with Crippen molar-refractivity contribution in [3.05, 3.63) is 57.2 Å². The fraction of sp³-hybridized carbons (Fsp3) is 0.0769. The third kappa shape index (κ3) is 1.83. The molecule has 0 aliphatic rings. The van der Waals surface area contributed by atoms with Crippen molar-refractivity contribution in [3.8, 4) is 11.3 Å². The van der Waals surface area contributed by atoms with Crippen LogP contribution in [-0.2, 0) is 7.05 Å². The average molecular weight is 254 g/mol. The molecular weight excluding hydrogens is 244 g/mol. The van der Waals surface area contributed by atoms with Gasteiger partial charge < -0.3 is 0 Å². The van der Waals surface area contributed by atoms with Gasteiger partial charge in [-0.1, -0.05) is 30.3 Å². The summed E-state index contributed by atoms with van der Waals surface area (Å²) in [7, 11) is 1.42. The van der Waals surface area contributed by atoms with Gasteiger partial charge in [0.2, 0.25) is 0 Å². The minimum absolute atomic E-state index is 0.202. The first kappa shape index (κ1) is 11.3. The van der Waals surface area contributed by atoms with E-state index in [2.05, 4.69) is 15.2 Å². The Morgan fingerprint density at radius 1 is 1.11 bits per heavy atom. The molecule has 0 saturated carbocycles. The predicted octanol–water partition coefficient (Wildman–Crippen LogP) is 0.684. The van der Waals surface area contributed by atoms with Crippen LogP contribution in [0.4, 0.5) is 0 Å². The molecule has 1 N–H and O–H groups in total. The van der Waals surface area contributed by atoms with Crippen LogP contribution < -0.4 is 11.2 Å². The highest BCUT2D eigenvalue weighted by atomic mass is 16.2. The molecule has 2 heterocycles. The molecule has 0 spiro atoms. The Balaban J connectivity index is 2.33. The van der Waals surface area contributed by atoms with Gasteiger partial charge in [-0.2, -0.15) is 0 Å². The largest absolute Gasteiger partial charge is 0.329 e. The van der Waals surface area contributed by atoms with Crippen molar-refractivity contribution in [1.82, 2.24) is 19.7 Å². The molecule has 0 radical (unpaired) electrons. The van der Waals surface area contributed by atoms with Crippen LogP contribution in [0.3, 0.4) is 0 Å². The molecule has 0 fully saturated rings. The maximum atomic E-state index is 12.0. The fourth-order valence-corrected chi connectivity index (χ4v) is 1.86. The summed E-state index contributed by atoms with van der Waals surface area (Å²) in [6.45, 7) is 0. The van der Waals surface area contributed by atoms with Gasteiger partial charge in [0.15, 0.2) is 5.65 Å². The van der Waals surface area contributed by atoms with Gasteiger partial charge in [0.25, 0.3) is 5.56 Å². The lowest BCUT2D eigenvalue weighted by Gasteiger charge is -2.02. The Bertz CT molecular complexity index is 865. The zero-order valence-electron chi connectivity index (χ0n) is 10.1. The lowest BCUT2D eigenvalue weighted by Crippen LogP contribution is -2.32. The van der Waals surface area contributed by atoms with Crippen LogP contribution in [0.25, 0.3) is 22.3 Å². The molecule has 0 aliphatic carbocycles. The third-order valence-corrected chi connectivity index (χ3v) is 2.93. The van der Waals surface area contributed by atoms with E-state index in [0.717, 1.165) is 10.1 Å². The first-order valence-corrected chi connectivity index (χ1v) is 5.69. The Kier molecular flexibility index (Phi) is 2.49. The molecule has 19 heavy (non-hydrogen) atoms. The number of fused-ring (bicyclic) bond motifs is 1. The van der Waals surface area contributed by atoms with Gasteiger partial charge in [-0.05, 0) is 6.07 Å². The molecule has 0 atom stereocenters. The molecule has 0 bridgehead atoms. The number of hydrogen-bond donors (Lipinski definition) is 1. The van der Waals surface area contributed by atoms with Crippen LogP contribution in [0, 0.1) is 0 Å². The maximum Gasteiger partial charge on any atom is 0.329 e. The second-order valence-electron chi connectivity index (χ2n) is 4.15. The number of nitrogens with one attached hydrogen (secondary N) is 1. The number of aromatic nitrogens is 4. The number of hydrogen-bond acceptors (Lipinski definition) is 4. The Labute approximate surface area is 107 Å². The molecule has 1 aromatic carbocycles. The van der Waals surface area contributed by atoms with E-state index >= 15 is 0 Å². The Morgan fingerprint density at radius 3 is 2.58 bits per heavy atom. The van der Waals surface area contributed by atoms with Crippen molar-refractivity contribution >= 4 is 11.0 Å². The summed E-state index contributed by atoms with van der Waals surface area (Å²) in [6.07, 6.45) is 0. The Morgan fingerprint density at radius 2 is 1.84 bits per heavy atom. The monoisotopic (exact) mass is 254 g/mol. The fourth-order valence-electron chi connectivity index (χ4n) is 1.86. The summed E-state index contributed by atoms with van der Waals surface area (Å²) in [5.41, 5.74) is 0.778. The van der Waals surface area contributed by atoms with E-state index in [1.54, 1.807) is 6.07 Å². The summed E-state index contributed by atoms with van der Waals surface area (Å²) in [5, 5.41) is 8.27. The van der Waals surface area contributed by atoms with Crippen LogP contribution >= 0.6 is 0 Å². The minimum Gasteiger partial charge on any atom is -0.290 e. The van der Waals surface area contributed by atoms with E-state index in [0.29, 0.717) is 11.1 Å². The van der Waals surface area contributed by atoms with Crippen LogP contribution in [0.2, 0.25) is 0 Å². The highest BCUT2D eigenvalue weighted by Crippen LogP contribution is 2.16. The highest BCUT2D eigenvalue weighted by molar-refractivity contribution is 5.77. The third-order valence-electron chi connectivity index (χ3n) is 2.93.